The summed E-state index contributed by atoms with van der Waals surface area (Å²) in [6.07, 6.45) is 0. The Morgan fingerprint density at radius 3 is 2.29 bits per heavy atom. The topological polar surface area (TPSA) is 55.8 Å². The first kappa shape index (κ1) is 17.2. The van der Waals surface area contributed by atoms with Crippen LogP contribution in [0.15, 0.2) is 24.3 Å². The highest BCUT2D eigenvalue weighted by atomic mass is 16.5. The number of carbonyl (C=O) groups is 2. The molecule has 1 aromatic carbocycles. The molecule has 0 bridgehead atoms. The molecule has 21 heavy (non-hydrogen) atoms. The Kier molecular flexibility index (Phi) is 6.88. The molecule has 0 aliphatic heterocycles. The van der Waals surface area contributed by atoms with Crippen LogP contribution in [0.1, 0.15) is 36.7 Å². The van der Waals surface area contributed by atoms with E-state index in [1.165, 1.54) is 4.90 Å². The molecule has 0 atom stereocenters. The van der Waals surface area contributed by atoms with E-state index in [9.17, 15) is 9.59 Å². The van der Waals surface area contributed by atoms with Gasteiger partial charge in [0.2, 0.25) is 0 Å². The van der Waals surface area contributed by atoms with Crippen LogP contribution >= 0.6 is 0 Å². The fraction of sp³-hybridized carbons (Fsp3) is 0.500. The second kappa shape index (κ2) is 8.42. The molecule has 0 aromatic heterocycles. The number of methoxy groups -OCH3 is 1. The Bertz CT molecular complexity index is 468. The van der Waals surface area contributed by atoms with E-state index in [2.05, 4.69) is 0 Å². The van der Waals surface area contributed by atoms with Gasteiger partial charge in [-0.1, -0.05) is 12.1 Å². The van der Waals surface area contributed by atoms with Gasteiger partial charge in [-0.15, -0.1) is 0 Å². The minimum Gasteiger partial charge on any atom is -0.465 e. The van der Waals surface area contributed by atoms with E-state index < -0.39 is 5.97 Å². The van der Waals surface area contributed by atoms with Gasteiger partial charge in [0.15, 0.2) is 0 Å². The molecule has 1 aromatic rings. The van der Waals surface area contributed by atoms with Crippen molar-refractivity contribution in [2.45, 2.75) is 33.4 Å². The quantitative estimate of drug-likeness (QED) is 0.724. The molecule has 0 saturated heterocycles. The van der Waals surface area contributed by atoms with E-state index in [0.717, 1.165) is 5.56 Å². The third-order valence-corrected chi connectivity index (χ3v) is 3.00. The fourth-order valence-electron chi connectivity index (χ4n) is 1.91. The number of amides is 1. The van der Waals surface area contributed by atoms with E-state index in [1.807, 2.05) is 26.0 Å². The van der Waals surface area contributed by atoms with Crippen molar-refractivity contribution in [1.29, 1.82) is 0 Å². The van der Waals surface area contributed by atoms with Crippen molar-refractivity contribution in [3.8, 4) is 0 Å². The normalized spacial score (nSPS) is 10.5. The Morgan fingerprint density at radius 1 is 1.19 bits per heavy atom. The van der Waals surface area contributed by atoms with Gasteiger partial charge < -0.3 is 14.4 Å². The lowest BCUT2D eigenvalue weighted by molar-refractivity contribution is -0.144. The largest absolute Gasteiger partial charge is 0.465 e. The molecule has 0 N–H and O–H groups in total. The van der Waals surface area contributed by atoms with Gasteiger partial charge in [-0.05, 0) is 38.5 Å². The Labute approximate surface area is 125 Å². The predicted octanol–water partition coefficient (Wildman–Crippen LogP) is 2.25. The third-order valence-electron chi connectivity index (χ3n) is 3.00. The highest BCUT2D eigenvalue weighted by Crippen LogP contribution is 2.11. The van der Waals surface area contributed by atoms with Crippen molar-refractivity contribution < 1.29 is 19.1 Å². The summed E-state index contributed by atoms with van der Waals surface area (Å²) in [5, 5.41) is 0. The second-order valence-corrected chi connectivity index (χ2v) is 4.96. The smallest absolute Gasteiger partial charge is 0.325 e. The summed E-state index contributed by atoms with van der Waals surface area (Å²) in [6.45, 7) is 6.26. The monoisotopic (exact) mass is 293 g/mol. The van der Waals surface area contributed by atoms with Crippen molar-refractivity contribution in [1.82, 2.24) is 4.90 Å². The summed E-state index contributed by atoms with van der Waals surface area (Å²) in [6, 6.07) is 7.11. The van der Waals surface area contributed by atoms with Crippen LogP contribution in [0.3, 0.4) is 0 Å². The standard InChI is InChI=1S/C16H23NO4/c1-5-21-15(18)10-17(12(2)3)16(19)14-8-6-13(7-9-14)11-20-4/h6-9,12H,5,10-11H2,1-4H3. The molecule has 0 aliphatic rings. The molecule has 116 valence electrons. The number of ether oxygens (including phenoxy) is 2. The zero-order valence-corrected chi connectivity index (χ0v) is 13.1. The van der Waals surface area contributed by atoms with Gasteiger partial charge in [0.05, 0.1) is 13.2 Å². The van der Waals surface area contributed by atoms with Crippen molar-refractivity contribution >= 4 is 11.9 Å². The lowest BCUT2D eigenvalue weighted by Crippen LogP contribution is -2.41. The molecule has 5 heteroatoms. The maximum atomic E-state index is 12.5. The molecule has 0 radical (unpaired) electrons. The number of hydrogen-bond acceptors (Lipinski definition) is 4. The molecule has 0 spiro atoms. The maximum Gasteiger partial charge on any atom is 0.325 e. The van der Waals surface area contributed by atoms with Crippen LogP contribution in [0.25, 0.3) is 0 Å². The summed E-state index contributed by atoms with van der Waals surface area (Å²) < 4.78 is 9.95. The number of carbonyl (C=O) groups excluding carboxylic acids is 2. The van der Waals surface area contributed by atoms with Gasteiger partial charge in [0.1, 0.15) is 6.54 Å². The van der Waals surface area contributed by atoms with E-state index in [0.29, 0.717) is 18.8 Å². The van der Waals surface area contributed by atoms with Crippen LogP contribution in [0.2, 0.25) is 0 Å². The minimum atomic E-state index is -0.393. The van der Waals surface area contributed by atoms with Crippen LogP contribution in [-0.4, -0.2) is 43.1 Å². The average Bonchev–Trinajstić information content (AvgIpc) is 2.45. The fourth-order valence-corrected chi connectivity index (χ4v) is 1.91. The lowest BCUT2D eigenvalue weighted by atomic mass is 10.1. The van der Waals surface area contributed by atoms with Crippen LogP contribution in [0, 0.1) is 0 Å². The summed E-state index contributed by atoms with van der Waals surface area (Å²) in [4.78, 5) is 25.6. The Balaban J connectivity index is 2.82. The number of rotatable bonds is 7. The van der Waals surface area contributed by atoms with Crippen LogP contribution in [-0.2, 0) is 20.9 Å². The number of esters is 1. The van der Waals surface area contributed by atoms with Gasteiger partial charge in [0, 0.05) is 18.7 Å². The van der Waals surface area contributed by atoms with Crippen LogP contribution in [0.5, 0.6) is 0 Å². The van der Waals surface area contributed by atoms with Crippen molar-refractivity contribution in [3.05, 3.63) is 35.4 Å². The van der Waals surface area contributed by atoms with Gasteiger partial charge in [0.25, 0.3) is 5.91 Å². The molecule has 0 saturated carbocycles. The van der Waals surface area contributed by atoms with E-state index >= 15 is 0 Å². The van der Waals surface area contributed by atoms with Gasteiger partial charge in [-0.3, -0.25) is 9.59 Å². The van der Waals surface area contributed by atoms with Crippen molar-refractivity contribution in [3.63, 3.8) is 0 Å². The summed E-state index contributed by atoms with van der Waals surface area (Å²) in [7, 11) is 1.62. The first-order chi connectivity index (χ1) is 9.99. The van der Waals surface area contributed by atoms with Gasteiger partial charge in [-0.25, -0.2) is 0 Å². The zero-order valence-electron chi connectivity index (χ0n) is 13.1. The molecular weight excluding hydrogens is 270 g/mol. The van der Waals surface area contributed by atoms with Gasteiger partial charge in [-0.2, -0.15) is 0 Å². The molecule has 0 aliphatic carbocycles. The molecule has 1 amide bonds. The van der Waals surface area contributed by atoms with Crippen molar-refractivity contribution in [2.24, 2.45) is 0 Å². The highest BCUT2D eigenvalue weighted by molar-refractivity contribution is 5.96. The third kappa shape index (κ3) is 5.19. The molecule has 1 rings (SSSR count). The first-order valence-electron chi connectivity index (χ1n) is 7.04. The summed E-state index contributed by atoms with van der Waals surface area (Å²) in [5.74, 6) is -0.572. The van der Waals surface area contributed by atoms with Crippen LogP contribution < -0.4 is 0 Å². The first-order valence-corrected chi connectivity index (χ1v) is 7.04. The number of hydrogen-bond donors (Lipinski definition) is 0. The molecule has 0 unspecified atom stereocenters. The SMILES string of the molecule is CCOC(=O)CN(C(=O)c1ccc(COC)cc1)C(C)C. The van der Waals surface area contributed by atoms with E-state index in [1.54, 1.807) is 26.2 Å². The zero-order chi connectivity index (χ0) is 15.8. The van der Waals surface area contributed by atoms with Crippen molar-refractivity contribution in [2.75, 3.05) is 20.3 Å². The lowest BCUT2D eigenvalue weighted by Gasteiger charge is -2.25. The Hall–Kier alpha value is -1.88. The Morgan fingerprint density at radius 2 is 1.81 bits per heavy atom. The average molecular weight is 293 g/mol. The molecule has 0 fully saturated rings. The maximum absolute atomic E-state index is 12.5. The molecular formula is C16H23NO4. The summed E-state index contributed by atoms with van der Waals surface area (Å²) >= 11 is 0. The summed E-state index contributed by atoms with van der Waals surface area (Å²) in [5.41, 5.74) is 1.54. The minimum absolute atomic E-state index is 0.0375. The van der Waals surface area contributed by atoms with Crippen LogP contribution in [0.4, 0.5) is 0 Å². The van der Waals surface area contributed by atoms with E-state index in [-0.39, 0.29) is 18.5 Å². The number of nitrogens with zero attached hydrogens (tertiary/aromatic N) is 1. The van der Waals surface area contributed by atoms with Gasteiger partial charge >= 0.3 is 5.97 Å². The second-order valence-electron chi connectivity index (χ2n) is 4.96. The predicted molar refractivity (Wildman–Crippen MR) is 80.0 cm³/mol. The number of benzene rings is 1. The highest BCUT2D eigenvalue weighted by Gasteiger charge is 2.22. The van der Waals surface area contributed by atoms with E-state index in [4.69, 9.17) is 9.47 Å². The molecule has 0 heterocycles. The molecule has 5 nitrogen and oxygen atoms in total.